The van der Waals surface area contributed by atoms with Crippen molar-refractivity contribution < 1.29 is 9.84 Å². The molecule has 0 radical (unpaired) electrons. The second kappa shape index (κ2) is 12.9. The van der Waals surface area contributed by atoms with Gasteiger partial charge in [0.05, 0.1) is 0 Å². The zero-order chi connectivity index (χ0) is 27.2. The summed E-state index contributed by atoms with van der Waals surface area (Å²) in [4.78, 5) is 20.2. The number of aryl methyl sites for hydroxylation is 2. The van der Waals surface area contributed by atoms with E-state index in [1.54, 1.807) is 0 Å². The van der Waals surface area contributed by atoms with Crippen LogP contribution in [0.1, 0.15) is 72.3 Å². The van der Waals surface area contributed by atoms with Gasteiger partial charge < -0.3 is 24.6 Å². The van der Waals surface area contributed by atoms with Gasteiger partial charge in [-0.25, -0.2) is 0 Å². The van der Waals surface area contributed by atoms with E-state index < -0.39 is 6.23 Å². The van der Waals surface area contributed by atoms with Crippen LogP contribution in [0.4, 0.5) is 5.69 Å². The number of anilines is 1. The molecule has 0 aliphatic carbocycles. The summed E-state index contributed by atoms with van der Waals surface area (Å²) in [7, 11) is 2.16. The number of likely N-dealkylation sites (tertiary alicyclic amines) is 1. The second-order valence-corrected chi connectivity index (χ2v) is 10.9. The first-order valence-electron chi connectivity index (χ1n) is 14.1. The van der Waals surface area contributed by atoms with Gasteiger partial charge in [-0.3, -0.25) is 10.1 Å². The van der Waals surface area contributed by atoms with Crippen LogP contribution < -0.4 is 15.8 Å². The van der Waals surface area contributed by atoms with Gasteiger partial charge in [-0.2, -0.15) is 0 Å². The molecule has 2 aliphatic heterocycles. The number of nitrogens with zero attached hydrogens (tertiary/aromatic N) is 2. The zero-order valence-corrected chi connectivity index (χ0v) is 23.7. The van der Waals surface area contributed by atoms with Gasteiger partial charge in [0.1, 0.15) is 6.23 Å². The molecule has 2 saturated heterocycles. The first kappa shape index (κ1) is 28.4. The van der Waals surface area contributed by atoms with Crippen LogP contribution in [0, 0.1) is 38.5 Å². The number of pyridine rings is 1. The zero-order valence-electron chi connectivity index (χ0n) is 23.7. The van der Waals surface area contributed by atoms with Gasteiger partial charge in [-0.1, -0.05) is 11.8 Å². The number of aliphatic hydroxyl groups excluding tert-OH is 1. The number of aromatic nitrogens is 1. The van der Waals surface area contributed by atoms with Crippen molar-refractivity contribution in [3.63, 3.8) is 0 Å². The van der Waals surface area contributed by atoms with Crippen molar-refractivity contribution in [2.24, 2.45) is 5.92 Å². The first-order chi connectivity index (χ1) is 18.3. The van der Waals surface area contributed by atoms with Crippen LogP contribution in [-0.4, -0.2) is 60.9 Å². The largest absolute Gasteiger partial charge is 0.381 e. The standard InChI is InChI=1S/C31H44N4O3/c1-6-35(26-11-15-38-16-12-26)29-19-25(8-7-24-9-13-34(5)14-10-24)18-27(23(29)4)30(36)32-20-28-21(2)17-22(3)33-31(28)37/h17-19,24,26,30,32,36H,6,9-16,20H2,1-5H3,(H,33,37). The highest BCUT2D eigenvalue weighted by atomic mass is 16.5. The molecule has 0 bridgehead atoms. The van der Waals surface area contributed by atoms with Gasteiger partial charge in [0.25, 0.3) is 5.56 Å². The Hall–Kier alpha value is -2.63. The highest BCUT2D eigenvalue weighted by Crippen LogP contribution is 2.32. The average molecular weight is 521 g/mol. The summed E-state index contributed by atoms with van der Waals surface area (Å²) < 4.78 is 5.63. The Morgan fingerprint density at radius 3 is 2.53 bits per heavy atom. The van der Waals surface area contributed by atoms with E-state index in [0.29, 0.717) is 17.5 Å². The summed E-state index contributed by atoms with van der Waals surface area (Å²) in [6.07, 6.45) is 3.24. The van der Waals surface area contributed by atoms with Crippen LogP contribution >= 0.6 is 0 Å². The number of piperidine rings is 1. The van der Waals surface area contributed by atoms with Crippen LogP contribution in [0.15, 0.2) is 23.0 Å². The highest BCUT2D eigenvalue weighted by molar-refractivity contribution is 5.62. The van der Waals surface area contributed by atoms with E-state index in [4.69, 9.17) is 4.74 Å². The van der Waals surface area contributed by atoms with Gasteiger partial charge >= 0.3 is 0 Å². The monoisotopic (exact) mass is 520 g/mol. The topological polar surface area (TPSA) is 80.8 Å². The molecule has 1 unspecified atom stereocenters. The number of benzene rings is 1. The molecule has 38 heavy (non-hydrogen) atoms. The minimum atomic E-state index is -0.924. The summed E-state index contributed by atoms with van der Waals surface area (Å²) in [5.41, 5.74) is 6.17. The maximum Gasteiger partial charge on any atom is 0.252 e. The van der Waals surface area contributed by atoms with Crippen LogP contribution in [0.3, 0.4) is 0 Å². The molecule has 206 valence electrons. The molecule has 1 atom stereocenters. The Bertz CT molecular complexity index is 1210. The Morgan fingerprint density at radius 1 is 1.16 bits per heavy atom. The smallest absolute Gasteiger partial charge is 0.252 e. The van der Waals surface area contributed by atoms with E-state index in [1.807, 2.05) is 26.0 Å². The lowest BCUT2D eigenvalue weighted by Crippen LogP contribution is -2.40. The lowest BCUT2D eigenvalue weighted by atomic mass is 9.95. The van der Waals surface area contributed by atoms with Crippen LogP contribution in [-0.2, 0) is 11.3 Å². The summed E-state index contributed by atoms with van der Waals surface area (Å²) in [5, 5.41) is 14.5. The normalized spacial score (nSPS) is 18.2. The fraction of sp³-hybridized carbons (Fsp3) is 0.581. The van der Waals surface area contributed by atoms with Crippen LogP contribution in [0.5, 0.6) is 0 Å². The second-order valence-electron chi connectivity index (χ2n) is 10.9. The Labute approximate surface area is 227 Å². The Kier molecular flexibility index (Phi) is 9.67. The van der Waals surface area contributed by atoms with Gasteiger partial charge in [0.2, 0.25) is 0 Å². The molecule has 2 aliphatic rings. The van der Waals surface area contributed by atoms with Crippen molar-refractivity contribution in [2.75, 3.05) is 44.8 Å². The van der Waals surface area contributed by atoms with E-state index in [9.17, 15) is 9.90 Å². The van der Waals surface area contributed by atoms with Crippen LogP contribution in [0.2, 0.25) is 0 Å². The fourth-order valence-corrected chi connectivity index (χ4v) is 5.75. The third kappa shape index (κ3) is 6.86. The average Bonchev–Trinajstić information content (AvgIpc) is 2.90. The SMILES string of the molecule is CCN(c1cc(C#CC2CCN(C)CC2)cc(C(O)NCc2c(C)cc(C)[nH]c2=O)c1C)C1CCOCC1. The van der Waals surface area contributed by atoms with Crippen molar-refractivity contribution >= 4 is 5.69 Å². The van der Waals surface area contributed by atoms with Gasteiger partial charge in [0.15, 0.2) is 0 Å². The molecular weight excluding hydrogens is 476 g/mol. The number of aliphatic hydroxyl groups is 1. The van der Waals surface area contributed by atoms with Crippen molar-refractivity contribution in [3.05, 3.63) is 62.1 Å². The molecule has 2 aromatic rings. The van der Waals surface area contributed by atoms with Crippen molar-refractivity contribution in [2.45, 2.75) is 72.2 Å². The molecule has 0 spiro atoms. The van der Waals surface area contributed by atoms with Gasteiger partial charge in [-0.05, 0) is 103 Å². The molecule has 1 aromatic carbocycles. The number of ether oxygens (including phenoxy) is 1. The van der Waals surface area contributed by atoms with Crippen molar-refractivity contribution in [1.82, 2.24) is 15.2 Å². The lowest BCUT2D eigenvalue weighted by Gasteiger charge is -2.37. The third-order valence-corrected chi connectivity index (χ3v) is 8.10. The molecule has 7 heteroatoms. The number of hydrogen-bond acceptors (Lipinski definition) is 6. The number of H-pyrrole nitrogens is 1. The molecule has 0 amide bonds. The van der Waals surface area contributed by atoms with Crippen molar-refractivity contribution in [1.29, 1.82) is 0 Å². The molecule has 0 saturated carbocycles. The molecule has 3 heterocycles. The maximum absolute atomic E-state index is 12.5. The predicted molar refractivity (Wildman–Crippen MR) is 153 cm³/mol. The molecule has 4 rings (SSSR count). The minimum Gasteiger partial charge on any atom is -0.381 e. The van der Waals surface area contributed by atoms with Gasteiger partial charge in [-0.15, -0.1) is 0 Å². The quantitative estimate of drug-likeness (QED) is 0.381. The molecule has 2 fully saturated rings. The predicted octanol–water partition coefficient (Wildman–Crippen LogP) is 3.78. The van der Waals surface area contributed by atoms with E-state index in [-0.39, 0.29) is 12.1 Å². The Balaban J connectivity index is 1.65. The maximum atomic E-state index is 12.5. The summed E-state index contributed by atoms with van der Waals surface area (Å²) in [6, 6.07) is 6.57. The molecule has 1 aromatic heterocycles. The summed E-state index contributed by atoms with van der Waals surface area (Å²) in [6.45, 7) is 12.9. The molecule has 3 N–H and O–H groups in total. The van der Waals surface area contributed by atoms with Gasteiger partial charge in [0, 0.05) is 66.3 Å². The first-order valence-corrected chi connectivity index (χ1v) is 14.1. The van der Waals surface area contributed by atoms with E-state index in [1.165, 1.54) is 0 Å². The number of aromatic amines is 1. The van der Waals surface area contributed by atoms with E-state index >= 15 is 0 Å². The molecular formula is C31H44N4O3. The number of rotatable bonds is 7. The minimum absolute atomic E-state index is 0.117. The van der Waals surface area contributed by atoms with Crippen molar-refractivity contribution in [3.8, 4) is 11.8 Å². The summed E-state index contributed by atoms with van der Waals surface area (Å²) >= 11 is 0. The highest BCUT2D eigenvalue weighted by Gasteiger charge is 2.25. The third-order valence-electron chi connectivity index (χ3n) is 8.10. The molecule has 7 nitrogen and oxygen atoms in total. The fourth-order valence-electron chi connectivity index (χ4n) is 5.75. The van der Waals surface area contributed by atoms with Crippen LogP contribution in [0.25, 0.3) is 0 Å². The lowest BCUT2D eigenvalue weighted by molar-refractivity contribution is 0.0846. The van der Waals surface area contributed by atoms with E-state index in [0.717, 1.165) is 92.2 Å². The van der Waals surface area contributed by atoms with E-state index in [2.05, 4.69) is 58.9 Å². The number of hydrogen-bond donors (Lipinski definition) is 3. The summed E-state index contributed by atoms with van der Waals surface area (Å²) in [5.74, 6) is 7.38. The Morgan fingerprint density at radius 2 is 1.87 bits per heavy atom. The number of nitrogens with one attached hydrogen (secondary N) is 2.